The van der Waals surface area contributed by atoms with Crippen LogP contribution in [0.3, 0.4) is 0 Å². The molecule has 0 radical (unpaired) electrons. The number of hydrogen-bond donors (Lipinski definition) is 1. The number of phenolic OH excluding ortho intramolecular Hbond substituents is 1. The number of carbonyl (C=O) groups excluding carboxylic acids is 1. The Kier molecular flexibility index (Phi) is 7.05. The molecule has 0 unspecified atom stereocenters. The molecule has 1 N–H and O–H groups in total. The minimum absolute atomic E-state index is 0.0997. The lowest BCUT2D eigenvalue weighted by Gasteiger charge is -2.23. The molecule has 7 nitrogen and oxygen atoms in total. The van der Waals surface area contributed by atoms with Crippen LogP contribution in [0.4, 0.5) is 0 Å². The third-order valence-corrected chi connectivity index (χ3v) is 5.45. The van der Waals surface area contributed by atoms with Crippen molar-refractivity contribution in [3.05, 3.63) is 53.6 Å². The highest BCUT2D eigenvalue weighted by atomic mass is 16.5. The molecule has 1 heterocycles. The van der Waals surface area contributed by atoms with E-state index in [2.05, 4.69) is 38.5 Å². The van der Waals surface area contributed by atoms with Crippen molar-refractivity contribution in [2.24, 2.45) is 0 Å². The van der Waals surface area contributed by atoms with E-state index < -0.39 is 5.97 Å². The van der Waals surface area contributed by atoms with Gasteiger partial charge in [0.1, 0.15) is 28.2 Å². The monoisotopic (exact) mass is 465 g/mol. The SMILES string of the molecule is C=C(C)C(=O)OCCCOc1cc(-n2nc3cccc(C(C)(C)C)c3n2)c(O)c(C(C)(C)C)c1. The summed E-state index contributed by atoms with van der Waals surface area (Å²) in [6, 6.07) is 9.52. The van der Waals surface area contributed by atoms with Crippen LogP contribution >= 0.6 is 0 Å². The summed E-state index contributed by atoms with van der Waals surface area (Å²) in [5.74, 6) is 0.294. The van der Waals surface area contributed by atoms with Crippen LogP contribution in [0.15, 0.2) is 42.5 Å². The van der Waals surface area contributed by atoms with Crippen molar-refractivity contribution < 1.29 is 19.4 Å². The van der Waals surface area contributed by atoms with E-state index >= 15 is 0 Å². The van der Waals surface area contributed by atoms with Crippen LogP contribution in [0, 0.1) is 0 Å². The molecule has 7 heteroatoms. The van der Waals surface area contributed by atoms with Crippen molar-refractivity contribution in [1.82, 2.24) is 15.0 Å². The van der Waals surface area contributed by atoms with Crippen molar-refractivity contribution in [3.8, 4) is 17.2 Å². The highest BCUT2D eigenvalue weighted by Crippen LogP contribution is 2.39. The molecule has 0 fully saturated rings. The molecule has 0 amide bonds. The van der Waals surface area contributed by atoms with Gasteiger partial charge in [0.05, 0.1) is 13.2 Å². The number of rotatable bonds is 7. The first-order chi connectivity index (χ1) is 15.8. The van der Waals surface area contributed by atoms with Crippen molar-refractivity contribution in [3.63, 3.8) is 0 Å². The molecule has 3 aromatic rings. The van der Waals surface area contributed by atoms with Crippen LogP contribution in [-0.2, 0) is 20.4 Å². The Morgan fingerprint density at radius 1 is 1.03 bits per heavy atom. The number of aromatic hydroxyl groups is 1. The standard InChI is InChI=1S/C27H35N3O4/c1-17(2)25(32)34-14-10-13-33-18-15-20(27(6,7)8)24(31)22(16-18)30-28-21-12-9-11-19(23(21)29-30)26(3,4)5/h9,11-12,15-16,31H,1,10,13-14H2,2-8H3. The fourth-order valence-electron chi connectivity index (χ4n) is 3.59. The van der Waals surface area contributed by atoms with E-state index in [-0.39, 0.29) is 23.2 Å². The number of esters is 1. The lowest BCUT2D eigenvalue weighted by Crippen LogP contribution is -2.14. The van der Waals surface area contributed by atoms with Gasteiger partial charge in [0, 0.05) is 23.6 Å². The Balaban J connectivity index is 1.94. The van der Waals surface area contributed by atoms with Gasteiger partial charge in [0.2, 0.25) is 0 Å². The molecule has 0 saturated heterocycles. The van der Waals surface area contributed by atoms with E-state index in [1.807, 2.05) is 39.0 Å². The first-order valence-electron chi connectivity index (χ1n) is 11.5. The summed E-state index contributed by atoms with van der Waals surface area (Å²) in [6.07, 6.45) is 0.527. The third kappa shape index (κ3) is 5.58. The average Bonchev–Trinajstić information content (AvgIpc) is 3.16. The van der Waals surface area contributed by atoms with E-state index in [0.29, 0.717) is 30.0 Å². The van der Waals surface area contributed by atoms with Crippen molar-refractivity contribution in [2.75, 3.05) is 13.2 Å². The first-order valence-corrected chi connectivity index (χ1v) is 11.5. The Bertz CT molecular complexity index is 1210. The number of aromatic nitrogens is 3. The van der Waals surface area contributed by atoms with Gasteiger partial charge in [-0.15, -0.1) is 15.0 Å². The van der Waals surface area contributed by atoms with Gasteiger partial charge in [0.15, 0.2) is 0 Å². The van der Waals surface area contributed by atoms with E-state index in [1.54, 1.807) is 13.0 Å². The van der Waals surface area contributed by atoms with Crippen LogP contribution < -0.4 is 4.74 Å². The second-order valence-electron chi connectivity index (χ2n) is 10.6. The summed E-state index contributed by atoms with van der Waals surface area (Å²) in [6.45, 7) is 18.3. The summed E-state index contributed by atoms with van der Waals surface area (Å²) in [5, 5.41) is 20.6. The van der Waals surface area contributed by atoms with Gasteiger partial charge in [-0.25, -0.2) is 4.79 Å². The fraction of sp³-hybridized carbons (Fsp3) is 0.444. The smallest absolute Gasteiger partial charge is 0.333 e. The van der Waals surface area contributed by atoms with E-state index in [0.717, 1.165) is 22.2 Å². The molecule has 0 bridgehead atoms. The molecule has 0 aliphatic rings. The topological polar surface area (TPSA) is 86.5 Å². The predicted octanol–water partition coefficient (Wildman–Crippen LogP) is 5.61. The van der Waals surface area contributed by atoms with Gasteiger partial charge in [0.25, 0.3) is 0 Å². The minimum atomic E-state index is -0.409. The molecule has 3 rings (SSSR count). The number of fused-ring (bicyclic) bond motifs is 1. The molecule has 0 saturated carbocycles. The zero-order valence-corrected chi connectivity index (χ0v) is 21.2. The van der Waals surface area contributed by atoms with Gasteiger partial charge in [-0.2, -0.15) is 0 Å². The van der Waals surface area contributed by atoms with Crippen LogP contribution in [0.5, 0.6) is 11.5 Å². The number of phenols is 1. The summed E-state index contributed by atoms with van der Waals surface area (Å²) in [5.41, 5.74) is 3.76. The van der Waals surface area contributed by atoms with Gasteiger partial charge >= 0.3 is 5.97 Å². The van der Waals surface area contributed by atoms with E-state index in [9.17, 15) is 9.90 Å². The number of benzene rings is 2. The zero-order valence-electron chi connectivity index (χ0n) is 21.2. The number of hydrogen-bond acceptors (Lipinski definition) is 6. The van der Waals surface area contributed by atoms with Gasteiger partial charge in [-0.05, 0) is 35.4 Å². The summed E-state index contributed by atoms with van der Waals surface area (Å²) in [4.78, 5) is 13.0. The molecule has 1 aromatic heterocycles. The molecule has 0 aliphatic heterocycles. The lowest BCUT2D eigenvalue weighted by atomic mass is 9.86. The average molecular weight is 466 g/mol. The number of carbonyl (C=O) groups is 1. The minimum Gasteiger partial charge on any atom is -0.505 e. The number of ether oxygens (including phenoxy) is 2. The molecule has 34 heavy (non-hydrogen) atoms. The second kappa shape index (κ2) is 9.49. The Morgan fingerprint density at radius 3 is 2.32 bits per heavy atom. The summed E-state index contributed by atoms with van der Waals surface area (Å²) in [7, 11) is 0. The number of nitrogens with zero attached hydrogens (tertiary/aromatic N) is 3. The van der Waals surface area contributed by atoms with Crippen molar-refractivity contribution in [2.45, 2.75) is 65.7 Å². The van der Waals surface area contributed by atoms with Crippen LogP contribution in [-0.4, -0.2) is 39.3 Å². The van der Waals surface area contributed by atoms with Crippen molar-refractivity contribution in [1.29, 1.82) is 0 Å². The van der Waals surface area contributed by atoms with Crippen LogP contribution in [0.1, 0.15) is 66.0 Å². The van der Waals surface area contributed by atoms with Gasteiger partial charge in [-0.1, -0.05) is 60.3 Å². The molecule has 182 valence electrons. The van der Waals surface area contributed by atoms with Crippen LogP contribution in [0.2, 0.25) is 0 Å². The van der Waals surface area contributed by atoms with Crippen molar-refractivity contribution >= 4 is 17.0 Å². The second-order valence-corrected chi connectivity index (χ2v) is 10.6. The van der Waals surface area contributed by atoms with E-state index in [4.69, 9.17) is 14.6 Å². The van der Waals surface area contributed by atoms with Crippen LogP contribution in [0.25, 0.3) is 16.7 Å². The first kappa shape index (κ1) is 25.3. The fourth-order valence-corrected chi connectivity index (χ4v) is 3.59. The maximum absolute atomic E-state index is 11.5. The molecular formula is C27H35N3O4. The maximum atomic E-state index is 11.5. The lowest BCUT2D eigenvalue weighted by molar-refractivity contribution is -0.139. The molecule has 2 aromatic carbocycles. The van der Waals surface area contributed by atoms with E-state index in [1.165, 1.54) is 4.80 Å². The zero-order chi connectivity index (χ0) is 25.3. The summed E-state index contributed by atoms with van der Waals surface area (Å²) < 4.78 is 11.1. The normalized spacial score (nSPS) is 12.1. The van der Waals surface area contributed by atoms with Gasteiger partial charge in [-0.3, -0.25) is 0 Å². The molecular weight excluding hydrogens is 430 g/mol. The molecule has 0 spiro atoms. The summed E-state index contributed by atoms with van der Waals surface area (Å²) >= 11 is 0. The molecule has 0 atom stereocenters. The third-order valence-electron chi connectivity index (χ3n) is 5.45. The molecule has 0 aliphatic carbocycles. The Labute approximate surface area is 201 Å². The predicted molar refractivity (Wildman–Crippen MR) is 134 cm³/mol. The Morgan fingerprint density at radius 2 is 1.71 bits per heavy atom. The quantitative estimate of drug-likeness (QED) is 0.277. The van der Waals surface area contributed by atoms with Gasteiger partial charge < -0.3 is 14.6 Å². The highest BCUT2D eigenvalue weighted by Gasteiger charge is 2.25. The maximum Gasteiger partial charge on any atom is 0.333 e. The highest BCUT2D eigenvalue weighted by molar-refractivity contribution is 5.86. The largest absolute Gasteiger partial charge is 0.505 e. The Hall–Kier alpha value is -3.35.